The lowest BCUT2D eigenvalue weighted by Crippen LogP contribution is -2.27. The number of imidazole rings is 1. The Morgan fingerprint density at radius 1 is 1.45 bits per heavy atom. The Morgan fingerprint density at radius 3 is 2.70 bits per heavy atom. The highest BCUT2D eigenvalue weighted by atomic mass is 79.9. The quantitative estimate of drug-likeness (QED) is 0.841. The van der Waals surface area contributed by atoms with Gasteiger partial charge in [0.25, 0.3) is 0 Å². The van der Waals surface area contributed by atoms with Gasteiger partial charge in [-0.05, 0) is 34.1 Å². The first-order valence-electron chi connectivity index (χ1n) is 5.80. The number of aryl methyl sites for hydroxylation is 1. The molecule has 1 aromatic carbocycles. The molecule has 0 aliphatic heterocycles. The number of nitrogen functional groups attached to an aromatic ring is 1. The Hall–Kier alpha value is -1.38. The highest BCUT2D eigenvalue weighted by Gasteiger charge is 2.22. The summed E-state index contributed by atoms with van der Waals surface area (Å²) in [7, 11) is -0.233. The molecule has 1 heterocycles. The third-order valence-electron chi connectivity index (χ3n) is 2.97. The molecule has 8 heteroatoms. The standard InChI is InChI=1S/C12H15BrN4O2S/c1-16-6-5-15-12(16)8-17(2)20(18,19)9-3-4-11(14)10(13)7-9/h3-7H,8,14H2,1-2H3. The van der Waals surface area contributed by atoms with Gasteiger partial charge in [-0.25, -0.2) is 13.4 Å². The molecule has 0 saturated carbocycles. The number of hydrogen-bond donors (Lipinski definition) is 1. The molecular weight excluding hydrogens is 344 g/mol. The van der Waals surface area contributed by atoms with E-state index in [1.54, 1.807) is 23.0 Å². The van der Waals surface area contributed by atoms with Gasteiger partial charge in [0.2, 0.25) is 10.0 Å². The van der Waals surface area contributed by atoms with Crippen molar-refractivity contribution in [1.82, 2.24) is 13.9 Å². The molecule has 2 aromatic rings. The van der Waals surface area contributed by atoms with Gasteiger partial charge in [-0.1, -0.05) is 0 Å². The van der Waals surface area contributed by atoms with E-state index in [2.05, 4.69) is 20.9 Å². The van der Waals surface area contributed by atoms with Crippen LogP contribution in [0.15, 0.2) is 40.0 Å². The van der Waals surface area contributed by atoms with Crippen molar-refractivity contribution in [2.24, 2.45) is 7.05 Å². The molecule has 20 heavy (non-hydrogen) atoms. The van der Waals surface area contributed by atoms with E-state index < -0.39 is 10.0 Å². The minimum Gasteiger partial charge on any atom is -0.398 e. The van der Waals surface area contributed by atoms with Crippen molar-refractivity contribution >= 4 is 31.6 Å². The normalized spacial score (nSPS) is 12.0. The molecule has 2 rings (SSSR count). The predicted octanol–water partition coefficient (Wildman–Crippen LogP) is 1.59. The average Bonchev–Trinajstić information content (AvgIpc) is 2.78. The van der Waals surface area contributed by atoms with Gasteiger partial charge in [-0.3, -0.25) is 0 Å². The second-order valence-corrected chi connectivity index (χ2v) is 7.30. The van der Waals surface area contributed by atoms with E-state index >= 15 is 0 Å². The summed E-state index contributed by atoms with van der Waals surface area (Å²) in [5.74, 6) is 0.672. The fourth-order valence-corrected chi connectivity index (χ4v) is 3.36. The molecule has 0 aliphatic rings. The van der Waals surface area contributed by atoms with Crippen molar-refractivity contribution in [3.05, 3.63) is 40.9 Å². The fraction of sp³-hybridized carbons (Fsp3) is 0.250. The molecule has 108 valence electrons. The first-order chi connectivity index (χ1) is 9.32. The van der Waals surface area contributed by atoms with Crippen LogP contribution in [-0.4, -0.2) is 29.3 Å². The van der Waals surface area contributed by atoms with Crippen LogP contribution >= 0.6 is 15.9 Å². The fourth-order valence-electron chi connectivity index (χ4n) is 1.68. The Labute approximate surface area is 126 Å². The molecular formula is C12H15BrN4O2S. The monoisotopic (exact) mass is 358 g/mol. The van der Waals surface area contributed by atoms with Crippen molar-refractivity contribution in [2.45, 2.75) is 11.4 Å². The molecule has 0 spiro atoms. The van der Waals surface area contributed by atoms with Gasteiger partial charge < -0.3 is 10.3 Å². The highest BCUT2D eigenvalue weighted by molar-refractivity contribution is 9.10. The van der Waals surface area contributed by atoms with E-state index in [1.807, 2.05) is 7.05 Å². The summed E-state index contributed by atoms with van der Waals surface area (Å²) < 4.78 is 28.5. The van der Waals surface area contributed by atoms with Crippen molar-refractivity contribution < 1.29 is 8.42 Å². The van der Waals surface area contributed by atoms with Gasteiger partial charge in [0.05, 0.1) is 11.4 Å². The van der Waals surface area contributed by atoms with Crippen LogP contribution in [0.1, 0.15) is 5.82 Å². The highest BCUT2D eigenvalue weighted by Crippen LogP contribution is 2.25. The minimum absolute atomic E-state index is 0.190. The molecule has 0 amide bonds. The molecule has 0 fully saturated rings. The summed E-state index contributed by atoms with van der Waals surface area (Å²) in [6, 6.07) is 4.55. The Morgan fingerprint density at radius 2 is 2.15 bits per heavy atom. The van der Waals surface area contributed by atoms with Crippen LogP contribution < -0.4 is 5.73 Å². The van der Waals surface area contributed by atoms with Gasteiger partial charge in [0.1, 0.15) is 5.82 Å². The average molecular weight is 359 g/mol. The van der Waals surface area contributed by atoms with E-state index in [0.29, 0.717) is 16.0 Å². The molecule has 0 radical (unpaired) electrons. The number of sulfonamides is 1. The Kier molecular flexibility index (Phi) is 4.17. The summed E-state index contributed by atoms with van der Waals surface area (Å²) in [6.07, 6.45) is 3.41. The lowest BCUT2D eigenvalue weighted by Gasteiger charge is -2.17. The predicted molar refractivity (Wildman–Crippen MR) is 80.4 cm³/mol. The van der Waals surface area contributed by atoms with Gasteiger partial charge in [0.15, 0.2) is 0 Å². The van der Waals surface area contributed by atoms with Crippen molar-refractivity contribution in [2.75, 3.05) is 12.8 Å². The van der Waals surface area contributed by atoms with Gasteiger partial charge in [0, 0.05) is 36.6 Å². The molecule has 2 N–H and O–H groups in total. The number of hydrogen-bond acceptors (Lipinski definition) is 4. The number of anilines is 1. The minimum atomic E-state index is -3.58. The molecule has 0 aliphatic carbocycles. The smallest absolute Gasteiger partial charge is 0.243 e. The third kappa shape index (κ3) is 2.87. The number of nitrogens with two attached hydrogens (primary N) is 1. The van der Waals surface area contributed by atoms with Crippen LogP contribution in [0.4, 0.5) is 5.69 Å². The molecule has 6 nitrogen and oxygen atoms in total. The van der Waals surface area contributed by atoms with Crippen LogP contribution in [0.2, 0.25) is 0 Å². The maximum atomic E-state index is 12.5. The molecule has 0 unspecified atom stereocenters. The zero-order valence-electron chi connectivity index (χ0n) is 11.1. The summed E-state index contributed by atoms with van der Waals surface area (Å²) in [4.78, 5) is 4.31. The summed E-state index contributed by atoms with van der Waals surface area (Å²) >= 11 is 3.24. The largest absolute Gasteiger partial charge is 0.398 e. The zero-order chi connectivity index (χ0) is 14.9. The van der Waals surface area contributed by atoms with Crippen LogP contribution in [0, 0.1) is 0 Å². The van der Waals surface area contributed by atoms with Gasteiger partial charge in [-0.15, -0.1) is 0 Å². The maximum absolute atomic E-state index is 12.5. The number of benzene rings is 1. The maximum Gasteiger partial charge on any atom is 0.243 e. The number of rotatable bonds is 4. The van der Waals surface area contributed by atoms with Crippen LogP contribution in [-0.2, 0) is 23.6 Å². The van der Waals surface area contributed by atoms with Gasteiger partial charge >= 0.3 is 0 Å². The van der Waals surface area contributed by atoms with Crippen LogP contribution in [0.25, 0.3) is 0 Å². The van der Waals surface area contributed by atoms with E-state index in [1.165, 1.54) is 23.5 Å². The first kappa shape index (κ1) is 15.0. The summed E-state index contributed by atoms with van der Waals surface area (Å²) in [5, 5.41) is 0. The van der Waals surface area contributed by atoms with E-state index in [-0.39, 0.29) is 11.4 Å². The summed E-state index contributed by atoms with van der Waals surface area (Å²) in [6.45, 7) is 0.202. The summed E-state index contributed by atoms with van der Waals surface area (Å²) in [5.41, 5.74) is 6.17. The molecule has 0 bridgehead atoms. The topological polar surface area (TPSA) is 81.2 Å². The van der Waals surface area contributed by atoms with E-state index in [4.69, 9.17) is 5.73 Å². The molecule has 0 atom stereocenters. The second kappa shape index (κ2) is 5.55. The number of halogens is 1. The SMILES string of the molecule is CN(Cc1nccn1C)S(=O)(=O)c1ccc(N)c(Br)c1. The lowest BCUT2D eigenvalue weighted by atomic mass is 10.3. The van der Waals surface area contributed by atoms with E-state index in [9.17, 15) is 8.42 Å². The van der Waals surface area contributed by atoms with Crippen molar-refractivity contribution in [3.8, 4) is 0 Å². The zero-order valence-corrected chi connectivity index (χ0v) is 13.5. The Bertz CT molecular complexity index is 727. The van der Waals surface area contributed by atoms with Crippen LogP contribution in [0.5, 0.6) is 0 Å². The van der Waals surface area contributed by atoms with Crippen molar-refractivity contribution in [3.63, 3.8) is 0 Å². The van der Waals surface area contributed by atoms with Crippen LogP contribution in [0.3, 0.4) is 0 Å². The van der Waals surface area contributed by atoms with E-state index in [0.717, 1.165) is 0 Å². The molecule has 0 saturated heterocycles. The first-order valence-corrected chi connectivity index (χ1v) is 8.03. The lowest BCUT2D eigenvalue weighted by molar-refractivity contribution is 0.451. The van der Waals surface area contributed by atoms with Gasteiger partial charge in [-0.2, -0.15) is 4.31 Å². The number of nitrogens with zero attached hydrogens (tertiary/aromatic N) is 3. The third-order valence-corrected chi connectivity index (χ3v) is 5.45. The second-order valence-electron chi connectivity index (χ2n) is 4.40. The Balaban J connectivity index is 2.29. The van der Waals surface area contributed by atoms with Crippen molar-refractivity contribution in [1.29, 1.82) is 0 Å². The molecule has 1 aromatic heterocycles. The number of aromatic nitrogens is 2.